The van der Waals surface area contributed by atoms with Crippen LogP contribution in [0.5, 0.6) is 0 Å². The number of nitrogens with two attached hydrogens (primary N) is 1. The first kappa shape index (κ1) is 16.0. The van der Waals surface area contributed by atoms with Crippen LogP contribution in [-0.4, -0.2) is 19.0 Å². The second-order valence-corrected chi connectivity index (χ2v) is 5.23. The maximum absolute atomic E-state index is 5.79. The molecular formula is C12H26IN3. The number of hydrogen-bond donors (Lipinski definition) is 2. The largest absolute Gasteiger partial charge is 0.370 e. The van der Waals surface area contributed by atoms with E-state index in [0.29, 0.717) is 17.3 Å². The second kappa shape index (κ2) is 7.35. The van der Waals surface area contributed by atoms with Gasteiger partial charge in [-0.1, -0.05) is 27.2 Å². The zero-order valence-electron chi connectivity index (χ0n) is 10.8. The van der Waals surface area contributed by atoms with Crippen molar-refractivity contribution >= 4 is 29.9 Å². The van der Waals surface area contributed by atoms with E-state index in [9.17, 15) is 0 Å². The molecule has 96 valence electrons. The van der Waals surface area contributed by atoms with Crippen molar-refractivity contribution in [3.8, 4) is 0 Å². The Morgan fingerprint density at radius 3 is 2.50 bits per heavy atom. The first-order chi connectivity index (χ1) is 7.08. The Morgan fingerprint density at radius 2 is 2.06 bits per heavy atom. The summed E-state index contributed by atoms with van der Waals surface area (Å²) in [7, 11) is 0. The Labute approximate surface area is 117 Å². The molecule has 4 heteroatoms. The average molecular weight is 339 g/mol. The van der Waals surface area contributed by atoms with Crippen molar-refractivity contribution in [1.82, 2.24) is 5.32 Å². The fourth-order valence-electron chi connectivity index (χ4n) is 1.81. The van der Waals surface area contributed by atoms with Gasteiger partial charge in [0.15, 0.2) is 5.96 Å². The molecule has 0 spiro atoms. The molecule has 0 heterocycles. The Bertz CT molecular complexity index is 222. The van der Waals surface area contributed by atoms with Crippen molar-refractivity contribution < 1.29 is 0 Å². The van der Waals surface area contributed by atoms with Gasteiger partial charge in [-0.25, -0.2) is 0 Å². The topological polar surface area (TPSA) is 50.4 Å². The standard InChI is InChI=1S/C12H25N3.HI/c1-4-5-12(6-7-12)9-15-11(13)14-8-10(2)3;/h10H,4-9H2,1-3H3,(H3,13,14,15);1H. The van der Waals surface area contributed by atoms with Crippen molar-refractivity contribution in [1.29, 1.82) is 0 Å². The summed E-state index contributed by atoms with van der Waals surface area (Å²) in [6.45, 7) is 8.40. The third-order valence-corrected chi connectivity index (χ3v) is 3.01. The van der Waals surface area contributed by atoms with E-state index in [0.717, 1.165) is 13.1 Å². The third-order valence-electron chi connectivity index (χ3n) is 3.01. The lowest BCUT2D eigenvalue weighted by atomic mass is 10.0. The first-order valence-corrected chi connectivity index (χ1v) is 6.12. The fraction of sp³-hybridized carbons (Fsp3) is 0.917. The van der Waals surface area contributed by atoms with E-state index in [2.05, 4.69) is 31.1 Å². The normalized spacial score (nSPS) is 18.1. The number of aliphatic imine (C=N–C) groups is 1. The van der Waals surface area contributed by atoms with Crippen molar-refractivity contribution in [2.45, 2.75) is 46.5 Å². The zero-order chi connectivity index (χ0) is 11.3. The number of nitrogens with zero attached hydrogens (tertiary/aromatic N) is 1. The van der Waals surface area contributed by atoms with E-state index in [1.807, 2.05) is 0 Å². The molecule has 0 amide bonds. The minimum Gasteiger partial charge on any atom is -0.370 e. The molecule has 1 aliphatic carbocycles. The molecule has 0 atom stereocenters. The molecule has 0 bridgehead atoms. The number of hydrogen-bond acceptors (Lipinski definition) is 1. The summed E-state index contributed by atoms with van der Waals surface area (Å²) < 4.78 is 0. The van der Waals surface area contributed by atoms with Crippen LogP contribution in [0.25, 0.3) is 0 Å². The van der Waals surface area contributed by atoms with Crippen LogP contribution in [0.1, 0.15) is 46.5 Å². The predicted octanol–water partition coefficient (Wildman–Crippen LogP) is 2.75. The van der Waals surface area contributed by atoms with E-state index < -0.39 is 0 Å². The fourth-order valence-corrected chi connectivity index (χ4v) is 1.81. The lowest BCUT2D eigenvalue weighted by molar-refractivity contribution is 0.471. The van der Waals surface area contributed by atoms with Gasteiger partial charge in [-0.05, 0) is 30.6 Å². The number of nitrogens with one attached hydrogen (secondary N) is 1. The van der Waals surface area contributed by atoms with Gasteiger partial charge in [0.2, 0.25) is 0 Å². The van der Waals surface area contributed by atoms with Crippen LogP contribution in [-0.2, 0) is 0 Å². The van der Waals surface area contributed by atoms with E-state index in [-0.39, 0.29) is 24.0 Å². The smallest absolute Gasteiger partial charge is 0.188 e. The van der Waals surface area contributed by atoms with Gasteiger partial charge in [0.25, 0.3) is 0 Å². The summed E-state index contributed by atoms with van der Waals surface area (Å²) in [5, 5.41) is 3.15. The summed E-state index contributed by atoms with van der Waals surface area (Å²) >= 11 is 0. The molecule has 0 aliphatic heterocycles. The minimum absolute atomic E-state index is 0. The monoisotopic (exact) mass is 339 g/mol. The van der Waals surface area contributed by atoms with Gasteiger partial charge >= 0.3 is 0 Å². The SMILES string of the molecule is CCCC1(CN=C(N)NCC(C)C)CC1.I. The van der Waals surface area contributed by atoms with Crippen LogP contribution in [0, 0.1) is 11.3 Å². The van der Waals surface area contributed by atoms with Gasteiger partial charge in [0.05, 0.1) is 0 Å². The van der Waals surface area contributed by atoms with Crippen molar-refractivity contribution in [3.05, 3.63) is 0 Å². The highest BCUT2D eigenvalue weighted by Crippen LogP contribution is 2.49. The van der Waals surface area contributed by atoms with Gasteiger partial charge in [-0.2, -0.15) is 0 Å². The molecule has 1 rings (SSSR count). The Kier molecular flexibility index (Phi) is 7.35. The highest BCUT2D eigenvalue weighted by Gasteiger charge is 2.41. The zero-order valence-corrected chi connectivity index (χ0v) is 13.1. The molecule has 0 aromatic carbocycles. The summed E-state index contributed by atoms with van der Waals surface area (Å²) in [5.74, 6) is 1.23. The van der Waals surface area contributed by atoms with Gasteiger partial charge in [-0.15, -0.1) is 24.0 Å². The average Bonchev–Trinajstić information content (AvgIpc) is 2.93. The molecule has 0 aromatic rings. The van der Waals surface area contributed by atoms with Crippen LogP contribution < -0.4 is 11.1 Å². The lowest BCUT2D eigenvalue weighted by Gasteiger charge is -2.12. The Balaban J connectivity index is 0.00000225. The van der Waals surface area contributed by atoms with Crippen LogP contribution in [0.4, 0.5) is 0 Å². The maximum atomic E-state index is 5.79. The molecular weight excluding hydrogens is 313 g/mol. The van der Waals surface area contributed by atoms with Gasteiger partial charge in [0.1, 0.15) is 0 Å². The summed E-state index contributed by atoms with van der Waals surface area (Å²) in [4.78, 5) is 4.43. The number of rotatable bonds is 6. The highest BCUT2D eigenvalue weighted by molar-refractivity contribution is 14.0. The Hall–Kier alpha value is 0. The number of guanidine groups is 1. The second-order valence-electron chi connectivity index (χ2n) is 5.23. The minimum atomic E-state index is 0. The maximum Gasteiger partial charge on any atom is 0.188 e. The van der Waals surface area contributed by atoms with Crippen molar-refractivity contribution in [3.63, 3.8) is 0 Å². The van der Waals surface area contributed by atoms with Crippen LogP contribution in [0.2, 0.25) is 0 Å². The van der Waals surface area contributed by atoms with Crippen LogP contribution in [0.3, 0.4) is 0 Å². The van der Waals surface area contributed by atoms with Gasteiger partial charge in [-0.3, -0.25) is 4.99 Å². The first-order valence-electron chi connectivity index (χ1n) is 6.12. The van der Waals surface area contributed by atoms with E-state index >= 15 is 0 Å². The Morgan fingerprint density at radius 1 is 1.44 bits per heavy atom. The van der Waals surface area contributed by atoms with Crippen LogP contribution >= 0.6 is 24.0 Å². The molecule has 16 heavy (non-hydrogen) atoms. The van der Waals surface area contributed by atoms with E-state index in [1.54, 1.807) is 0 Å². The summed E-state index contributed by atoms with van der Waals surface area (Å²) in [5.41, 5.74) is 6.30. The highest BCUT2D eigenvalue weighted by atomic mass is 127. The summed E-state index contributed by atoms with van der Waals surface area (Å²) in [6.07, 6.45) is 5.23. The van der Waals surface area contributed by atoms with Gasteiger partial charge < -0.3 is 11.1 Å². The quantitative estimate of drug-likeness (QED) is 0.444. The molecule has 3 N–H and O–H groups in total. The van der Waals surface area contributed by atoms with E-state index in [1.165, 1.54) is 25.7 Å². The van der Waals surface area contributed by atoms with Crippen molar-refractivity contribution in [2.24, 2.45) is 22.1 Å². The molecule has 0 unspecified atom stereocenters. The lowest BCUT2D eigenvalue weighted by Crippen LogP contribution is -2.34. The van der Waals surface area contributed by atoms with Crippen molar-refractivity contribution in [2.75, 3.05) is 13.1 Å². The van der Waals surface area contributed by atoms with Crippen LogP contribution in [0.15, 0.2) is 4.99 Å². The molecule has 3 nitrogen and oxygen atoms in total. The molecule has 0 radical (unpaired) electrons. The predicted molar refractivity (Wildman–Crippen MR) is 81.3 cm³/mol. The summed E-state index contributed by atoms with van der Waals surface area (Å²) in [6, 6.07) is 0. The molecule has 1 saturated carbocycles. The van der Waals surface area contributed by atoms with E-state index in [4.69, 9.17) is 5.73 Å². The third kappa shape index (κ3) is 5.92. The molecule has 0 saturated heterocycles. The van der Waals surface area contributed by atoms with Gasteiger partial charge in [0, 0.05) is 13.1 Å². The molecule has 1 fully saturated rings. The molecule has 0 aromatic heterocycles. The molecule has 1 aliphatic rings. The number of halogens is 1.